The van der Waals surface area contributed by atoms with E-state index in [4.69, 9.17) is 9.15 Å². The van der Waals surface area contributed by atoms with Gasteiger partial charge >= 0.3 is 5.97 Å². The van der Waals surface area contributed by atoms with Gasteiger partial charge < -0.3 is 14.1 Å². The molecule has 2 aromatic heterocycles. The van der Waals surface area contributed by atoms with Crippen LogP contribution in [-0.4, -0.2) is 15.9 Å². The molecule has 1 aromatic carbocycles. The lowest BCUT2D eigenvalue weighted by Gasteiger charge is -2.11. The summed E-state index contributed by atoms with van der Waals surface area (Å²) in [4.78, 5) is 30.7. The van der Waals surface area contributed by atoms with Crippen LogP contribution in [0.2, 0.25) is 0 Å². The molecule has 6 heteroatoms. The van der Waals surface area contributed by atoms with Crippen LogP contribution in [0.5, 0.6) is 0 Å². The molecule has 0 spiro atoms. The Morgan fingerprint density at radius 1 is 1.29 bits per heavy atom. The molecule has 0 aliphatic carbocycles. The number of aromatic amines is 1. The molecule has 1 atom stereocenters. The maximum Gasteiger partial charge on any atom is 0.374 e. The number of aromatic nitrogens is 2. The second-order valence-corrected chi connectivity index (χ2v) is 4.49. The van der Waals surface area contributed by atoms with E-state index in [0.717, 1.165) is 0 Å². The summed E-state index contributed by atoms with van der Waals surface area (Å²) in [6.45, 7) is 1.63. The van der Waals surface area contributed by atoms with Crippen molar-refractivity contribution < 1.29 is 13.9 Å². The van der Waals surface area contributed by atoms with E-state index in [1.165, 1.54) is 12.3 Å². The summed E-state index contributed by atoms with van der Waals surface area (Å²) in [7, 11) is 0. The Hall–Kier alpha value is -2.89. The van der Waals surface area contributed by atoms with Gasteiger partial charge in [-0.2, -0.15) is 0 Å². The number of esters is 1. The van der Waals surface area contributed by atoms with Gasteiger partial charge in [0.2, 0.25) is 5.76 Å². The van der Waals surface area contributed by atoms with Gasteiger partial charge in [0.1, 0.15) is 0 Å². The van der Waals surface area contributed by atoms with Crippen molar-refractivity contribution in [3.8, 4) is 0 Å². The Balaban J connectivity index is 1.89. The van der Waals surface area contributed by atoms with Crippen molar-refractivity contribution in [3.05, 3.63) is 64.6 Å². The number of benzene rings is 1. The van der Waals surface area contributed by atoms with Crippen molar-refractivity contribution in [2.75, 3.05) is 0 Å². The van der Waals surface area contributed by atoms with Crippen molar-refractivity contribution in [3.63, 3.8) is 0 Å². The summed E-state index contributed by atoms with van der Waals surface area (Å²) in [5.74, 6) is -0.216. The van der Waals surface area contributed by atoms with Crippen LogP contribution in [-0.2, 0) is 4.74 Å². The Labute approximate surface area is 119 Å². The monoisotopic (exact) mass is 284 g/mol. The van der Waals surface area contributed by atoms with Crippen LogP contribution in [0.25, 0.3) is 10.9 Å². The smallest absolute Gasteiger partial charge is 0.374 e. The minimum Gasteiger partial charge on any atom is -0.457 e. The number of fused-ring (bicyclic) bond motifs is 1. The molecule has 3 rings (SSSR count). The lowest BCUT2D eigenvalue weighted by atomic mass is 10.2. The number of para-hydroxylation sites is 1. The molecular formula is C15H12N2O4. The van der Waals surface area contributed by atoms with E-state index in [0.29, 0.717) is 16.7 Å². The van der Waals surface area contributed by atoms with Crippen LogP contribution in [0.15, 0.2) is 51.9 Å². The Morgan fingerprint density at radius 2 is 2.10 bits per heavy atom. The van der Waals surface area contributed by atoms with E-state index in [1.807, 2.05) is 0 Å². The Kier molecular flexibility index (Phi) is 3.27. The van der Waals surface area contributed by atoms with Gasteiger partial charge in [0.05, 0.1) is 17.2 Å². The van der Waals surface area contributed by atoms with Crippen LogP contribution < -0.4 is 5.56 Å². The van der Waals surface area contributed by atoms with Crippen molar-refractivity contribution in [1.29, 1.82) is 0 Å². The maximum absolute atomic E-state index is 12.0. The zero-order valence-corrected chi connectivity index (χ0v) is 11.2. The molecule has 0 aliphatic heterocycles. The number of carbonyl (C=O) groups is 1. The van der Waals surface area contributed by atoms with Gasteiger partial charge in [-0.3, -0.25) is 4.79 Å². The zero-order chi connectivity index (χ0) is 14.8. The minimum atomic E-state index is -0.695. The van der Waals surface area contributed by atoms with E-state index in [9.17, 15) is 9.59 Å². The normalized spacial score (nSPS) is 12.2. The van der Waals surface area contributed by atoms with Gasteiger partial charge in [-0.05, 0) is 31.2 Å². The Bertz CT molecular complexity index is 836. The quantitative estimate of drug-likeness (QED) is 0.746. The number of hydrogen-bond acceptors (Lipinski definition) is 5. The van der Waals surface area contributed by atoms with Crippen molar-refractivity contribution in [2.24, 2.45) is 0 Å². The number of ether oxygens (including phenoxy) is 1. The highest BCUT2D eigenvalue weighted by Crippen LogP contribution is 2.16. The predicted molar refractivity (Wildman–Crippen MR) is 74.9 cm³/mol. The summed E-state index contributed by atoms with van der Waals surface area (Å²) in [5, 5.41) is 0.491. The largest absolute Gasteiger partial charge is 0.457 e. The first kappa shape index (κ1) is 13.1. The molecule has 0 saturated heterocycles. The Morgan fingerprint density at radius 3 is 2.86 bits per heavy atom. The van der Waals surface area contributed by atoms with E-state index in [2.05, 4.69) is 9.97 Å². The third-order valence-corrected chi connectivity index (χ3v) is 3.02. The number of carbonyl (C=O) groups excluding carboxylic acids is 1. The fourth-order valence-electron chi connectivity index (χ4n) is 1.97. The molecule has 6 nitrogen and oxygen atoms in total. The van der Waals surface area contributed by atoms with Crippen LogP contribution in [0, 0.1) is 0 Å². The lowest BCUT2D eigenvalue weighted by Crippen LogP contribution is -2.17. The number of H-pyrrole nitrogens is 1. The average Bonchev–Trinajstić information content (AvgIpc) is 3.01. The molecule has 2 heterocycles. The molecule has 0 saturated carbocycles. The van der Waals surface area contributed by atoms with E-state index >= 15 is 0 Å². The van der Waals surface area contributed by atoms with E-state index in [1.54, 1.807) is 37.3 Å². The number of nitrogens with one attached hydrogen (secondary N) is 1. The molecule has 0 bridgehead atoms. The van der Waals surface area contributed by atoms with Crippen molar-refractivity contribution >= 4 is 16.9 Å². The third-order valence-electron chi connectivity index (χ3n) is 3.02. The highest BCUT2D eigenvalue weighted by molar-refractivity contribution is 5.86. The first-order valence-electron chi connectivity index (χ1n) is 6.38. The molecule has 0 unspecified atom stereocenters. The van der Waals surface area contributed by atoms with Gasteiger partial charge in [-0.25, -0.2) is 9.78 Å². The minimum absolute atomic E-state index is 0.102. The van der Waals surface area contributed by atoms with Crippen molar-refractivity contribution in [1.82, 2.24) is 9.97 Å². The van der Waals surface area contributed by atoms with E-state index < -0.39 is 12.1 Å². The van der Waals surface area contributed by atoms with Gasteiger partial charge in [0, 0.05) is 0 Å². The topological polar surface area (TPSA) is 85.2 Å². The second-order valence-electron chi connectivity index (χ2n) is 4.49. The molecule has 0 radical (unpaired) electrons. The van der Waals surface area contributed by atoms with Gasteiger partial charge in [0.25, 0.3) is 5.56 Å². The van der Waals surface area contributed by atoms with Gasteiger partial charge in [-0.1, -0.05) is 12.1 Å². The highest BCUT2D eigenvalue weighted by atomic mass is 16.6. The zero-order valence-electron chi connectivity index (χ0n) is 11.2. The molecular weight excluding hydrogens is 272 g/mol. The third kappa shape index (κ3) is 2.55. The van der Waals surface area contributed by atoms with E-state index in [-0.39, 0.29) is 11.3 Å². The molecule has 0 amide bonds. The molecule has 106 valence electrons. The van der Waals surface area contributed by atoms with Crippen LogP contribution in [0.4, 0.5) is 0 Å². The van der Waals surface area contributed by atoms with Gasteiger partial charge in [0.15, 0.2) is 11.9 Å². The fraction of sp³-hybridized carbons (Fsp3) is 0.133. The van der Waals surface area contributed by atoms with Gasteiger partial charge in [-0.15, -0.1) is 0 Å². The summed E-state index contributed by atoms with van der Waals surface area (Å²) in [5.41, 5.74) is 0.286. The van der Waals surface area contributed by atoms with Crippen LogP contribution in [0.1, 0.15) is 29.4 Å². The molecule has 1 N–H and O–H groups in total. The SMILES string of the molecule is C[C@H](OC(=O)c1ccco1)c1nc2ccccc2c(=O)[nH]1. The number of rotatable bonds is 3. The number of hydrogen-bond donors (Lipinski definition) is 1. The molecule has 0 aliphatic rings. The fourth-order valence-corrected chi connectivity index (χ4v) is 1.97. The summed E-state index contributed by atoms with van der Waals surface area (Å²) >= 11 is 0. The van der Waals surface area contributed by atoms with Crippen LogP contribution >= 0.6 is 0 Å². The number of furan rings is 1. The van der Waals surface area contributed by atoms with Crippen molar-refractivity contribution in [2.45, 2.75) is 13.0 Å². The predicted octanol–water partition coefficient (Wildman–Crippen LogP) is 2.43. The average molecular weight is 284 g/mol. The second kappa shape index (κ2) is 5.24. The maximum atomic E-state index is 12.0. The summed E-state index contributed by atoms with van der Waals surface area (Å²) in [6.07, 6.45) is 0.692. The first-order valence-corrected chi connectivity index (χ1v) is 6.38. The summed E-state index contributed by atoms with van der Waals surface area (Å²) < 4.78 is 10.2. The van der Waals surface area contributed by atoms with Crippen LogP contribution in [0.3, 0.4) is 0 Å². The molecule has 3 aromatic rings. The first-order chi connectivity index (χ1) is 10.1. The number of nitrogens with zero attached hydrogens (tertiary/aromatic N) is 1. The molecule has 0 fully saturated rings. The lowest BCUT2D eigenvalue weighted by molar-refractivity contribution is 0.0284. The standard InChI is InChI=1S/C15H12N2O4/c1-9(21-15(19)12-7-4-8-20-12)13-16-11-6-3-2-5-10(11)14(18)17-13/h2-9H,1H3,(H,16,17,18)/t9-/m0/s1. The summed E-state index contributed by atoms with van der Waals surface area (Å²) in [6, 6.07) is 10.1. The highest BCUT2D eigenvalue weighted by Gasteiger charge is 2.18. The molecule has 21 heavy (non-hydrogen) atoms.